The highest BCUT2D eigenvalue weighted by Crippen LogP contribution is 2.49. The maximum Gasteiger partial charge on any atom is 0.193 e. The van der Waals surface area contributed by atoms with Gasteiger partial charge in [0.25, 0.3) is 0 Å². The summed E-state index contributed by atoms with van der Waals surface area (Å²) in [5, 5.41) is 3.54. The predicted octanol–water partition coefficient (Wildman–Crippen LogP) is 2.50. The van der Waals surface area contributed by atoms with Crippen LogP contribution in [-0.2, 0) is 4.74 Å². The van der Waals surface area contributed by atoms with Crippen LogP contribution in [0, 0.1) is 23.2 Å². The summed E-state index contributed by atoms with van der Waals surface area (Å²) in [7, 11) is 0. The molecule has 2 aliphatic heterocycles. The van der Waals surface area contributed by atoms with Crippen molar-refractivity contribution in [3.63, 3.8) is 0 Å². The molecule has 2 saturated carbocycles. The molecule has 1 atom stereocenters. The summed E-state index contributed by atoms with van der Waals surface area (Å²) < 4.78 is 5.66. The Balaban J connectivity index is 1.40. The predicted molar refractivity (Wildman–Crippen MR) is 89.0 cm³/mol. The van der Waals surface area contributed by atoms with Gasteiger partial charge < -0.3 is 15.0 Å². The van der Waals surface area contributed by atoms with Crippen LogP contribution >= 0.6 is 0 Å². The van der Waals surface area contributed by atoms with E-state index >= 15 is 0 Å². The van der Waals surface area contributed by atoms with Gasteiger partial charge in [0.1, 0.15) is 0 Å². The number of ether oxygens (including phenoxy) is 1. The zero-order valence-corrected chi connectivity index (χ0v) is 14.0. The number of hydrogen-bond donors (Lipinski definition) is 1. The summed E-state index contributed by atoms with van der Waals surface area (Å²) in [5.41, 5.74) is 0.419. The highest BCUT2D eigenvalue weighted by Gasteiger charge is 2.43. The molecule has 4 aliphatic rings. The van der Waals surface area contributed by atoms with Crippen LogP contribution in [0.5, 0.6) is 0 Å². The van der Waals surface area contributed by atoms with Crippen molar-refractivity contribution in [1.29, 1.82) is 0 Å². The minimum atomic E-state index is 0.419. The molecule has 0 amide bonds. The van der Waals surface area contributed by atoms with Crippen LogP contribution in [-0.4, -0.2) is 50.3 Å². The normalized spacial score (nSPS) is 32.5. The number of nitrogens with one attached hydrogen (secondary N) is 1. The molecule has 1 N–H and O–H groups in total. The van der Waals surface area contributed by atoms with Crippen molar-refractivity contribution < 1.29 is 4.74 Å². The van der Waals surface area contributed by atoms with Crippen molar-refractivity contribution in [3.8, 4) is 0 Å². The first-order valence-electron chi connectivity index (χ1n) is 9.41. The van der Waals surface area contributed by atoms with E-state index in [1.165, 1.54) is 38.5 Å². The smallest absolute Gasteiger partial charge is 0.193 e. The SMILES string of the molecule is CCNC(=NCC(C1CC1)C1CC1)N1CCC2(CCOC2)C1. The number of rotatable bonds is 5. The van der Waals surface area contributed by atoms with Crippen LogP contribution < -0.4 is 5.32 Å². The minimum absolute atomic E-state index is 0.419. The molecule has 4 heteroatoms. The summed E-state index contributed by atoms with van der Waals surface area (Å²) in [5.74, 6) is 4.03. The highest BCUT2D eigenvalue weighted by molar-refractivity contribution is 5.80. The molecule has 1 unspecified atom stereocenters. The highest BCUT2D eigenvalue weighted by atomic mass is 16.5. The van der Waals surface area contributed by atoms with Gasteiger partial charge >= 0.3 is 0 Å². The third-order valence-corrected chi connectivity index (χ3v) is 6.16. The number of likely N-dealkylation sites (tertiary alicyclic amines) is 1. The second-order valence-electron chi connectivity index (χ2n) is 8.01. The molecule has 2 aliphatic carbocycles. The summed E-state index contributed by atoms with van der Waals surface area (Å²) in [4.78, 5) is 7.56. The first-order chi connectivity index (χ1) is 10.8. The summed E-state index contributed by atoms with van der Waals surface area (Å²) in [6, 6.07) is 0. The van der Waals surface area contributed by atoms with Gasteiger partial charge in [-0.2, -0.15) is 0 Å². The fraction of sp³-hybridized carbons (Fsp3) is 0.944. The van der Waals surface area contributed by atoms with E-state index in [-0.39, 0.29) is 0 Å². The third kappa shape index (κ3) is 3.12. The number of guanidine groups is 1. The average Bonchev–Trinajstić information content (AvgIpc) is 3.46. The molecule has 2 saturated heterocycles. The molecule has 22 heavy (non-hydrogen) atoms. The standard InChI is InChI=1S/C18H31N3O/c1-2-19-17(20-11-16(14-3-4-14)15-5-6-15)21-9-7-18(12-21)8-10-22-13-18/h14-16H,2-13H2,1H3,(H,19,20). The largest absolute Gasteiger partial charge is 0.381 e. The van der Waals surface area contributed by atoms with Gasteiger partial charge in [0.2, 0.25) is 0 Å². The third-order valence-electron chi connectivity index (χ3n) is 6.16. The van der Waals surface area contributed by atoms with Gasteiger partial charge in [0.15, 0.2) is 5.96 Å². The number of aliphatic imine (C=N–C) groups is 1. The Bertz CT molecular complexity index is 410. The van der Waals surface area contributed by atoms with Gasteiger partial charge in [0, 0.05) is 38.2 Å². The van der Waals surface area contributed by atoms with E-state index in [1.807, 2.05) is 0 Å². The van der Waals surface area contributed by atoms with E-state index in [9.17, 15) is 0 Å². The second kappa shape index (κ2) is 6.03. The molecule has 0 radical (unpaired) electrons. The summed E-state index contributed by atoms with van der Waals surface area (Å²) in [6.45, 7) is 8.39. The number of hydrogen-bond acceptors (Lipinski definition) is 2. The molecule has 124 valence electrons. The molecule has 2 heterocycles. The zero-order chi connectivity index (χ0) is 15.0. The van der Waals surface area contributed by atoms with Crippen molar-refractivity contribution in [2.75, 3.05) is 39.4 Å². The Hall–Kier alpha value is -0.770. The van der Waals surface area contributed by atoms with Crippen molar-refractivity contribution in [1.82, 2.24) is 10.2 Å². The van der Waals surface area contributed by atoms with Gasteiger partial charge in [-0.1, -0.05) is 0 Å². The summed E-state index contributed by atoms with van der Waals surface area (Å²) in [6.07, 6.45) is 8.32. The Morgan fingerprint density at radius 3 is 2.64 bits per heavy atom. The lowest BCUT2D eigenvalue weighted by molar-refractivity contribution is 0.156. The minimum Gasteiger partial charge on any atom is -0.381 e. The van der Waals surface area contributed by atoms with Crippen molar-refractivity contribution >= 4 is 5.96 Å². The molecule has 0 bridgehead atoms. The fourth-order valence-electron chi connectivity index (χ4n) is 4.44. The van der Waals surface area contributed by atoms with Crippen LogP contribution in [0.1, 0.15) is 45.4 Å². The van der Waals surface area contributed by atoms with E-state index < -0.39 is 0 Å². The van der Waals surface area contributed by atoms with E-state index in [0.29, 0.717) is 5.41 Å². The van der Waals surface area contributed by atoms with Gasteiger partial charge in [-0.05, 0) is 63.2 Å². The van der Waals surface area contributed by atoms with E-state index in [1.54, 1.807) is 0 Å². The quantitative estimate of drug-likeness (QED) is 0.626. The average molecular weight is 305 g/mol. The second-order valence-corrected chi connectivity index (χ2v) is 8.01. The molecule has 0 aromatic rings. The lowest BCUT2D eigenvalue weighted by Crippen LogP contribution is -2.41. The maximum atomic E-state index is 5.66. The van der Waals surface area contributed by atoms with Crippen LogP contribution in [0.25, 0.3) is 0 Å². The van der Waals surface area contributed by atoms with E-state index in [4.69, 9.17) is 9.73 Å². The summed E-state index contributed by atoms with van der Waals surface area (Å²) >= 11 is 0. The Kier molecular flexibility index (Phi) is 4.05. The first-order valence-corrected chi connectivity index (χ1v) is 9.41. The van der Waals surface area contributed by atoms with Crippen molar-refractivity contribution in [2.45, 2.75) is 45.4 Å². The van der Waals surface area contributed by atoms with Crippen LogP contribution in [0.2, 0.25) is 0 Å². The molecular formula is C18H31N3O. The molecule has 4 fully saturated rings. The maximum absolute atomic E-state index is 5.66. The molecule has 4 rings (SSSR count). The zero-order valence-electron chi connectivity index (χ0n) is 14.0. The Morgan fingerprint density at radius 2 is 2.05 bits per heavy atom. The number of nitrogens with zero attached hydrogens (tertiary/aromatic N) is 2. The lowest BCUT2D eigenvalue weighted by atomic mass is 9.87. The topological polar surface area (TPSA) is 36.9 Å². The Labute approximate surface area is 134 Å². The van der Waals surface area contributed by atoms with Crippen LogP contribution in [0.15, 0.2) is 4.99 Å². The van der Waals surface area contributed by atoms with Crippen LogP contribution in [0.3, 0.4) is 0 Å². The van der Waals surface area contributed by atoms with Crippen LogP contribution in [0.4, 0.5) is 0 Å². The molecule has 0 aromatic carbocycles. The van der Waals surface area contributed by atoms with Crippen molar-refractivity contribution in [3.05, 3.63) is 0 Å². The van der Waals surface area contributed by atoms with Gasteiger partial charge in [-0.25, -0.2) is 0 Å². The first kappa shape index (κ1) is 14.8. The Morgan fingerprint density at radius 1 is 1.27 bits per heavy atom. The lowest BCUT2D eigenvalue weighted by Gasteiger charge is -2.25. The van der Waals surface area contributed by atoms with Gasteiger partial charge in [0.05, 0.1) is 6.61 Å². The van der Waals surface area contributed by atoms with E-state index in [0.717, 1.165) is 63.1 Å². The van der Waals surface area contributed by atoms with Gasteiger partial charge in [-0.15, -0.1) is 0 Å². The molecule has 0 aromatic heterocycles. The fourth-order valence-corrected chi connectivity index (χ4v) is 4.44. The monoisotopic (exact) mass is 305 g/mol. The van der Waals surface area contributed by atoms with E-state index in [2.05, 4.69) is 17.1 Å². The molecule has 1 spiro atoms. The molecular weight excluding hydrogens is 274 g/mol. The molecule has 4 nitrogen and oxygen atoms in total. The van der Waals surface area contributed by atoms with Crippen molar-refractivity contribution in [2.24, 2.45) is 28.2 Å². The van der Waals surface area contributed by atoms with Gasteiger partial charge in [-0.3, -0.25) is 4.99 Å².